The molecule has 6 bridgehead atoms. The molecule has 0 aliphatic heterocycles. The summed E-state index contributed by atoms with van der Waals surface area (Å²) in [6, 6.07) is 12.2. The van der Waals surface area contributed by atoms with Crippen LogP contribution in [0.25, 0.3) is 0 Å². The van der Waals surface area contributed by atoms with E-state index in [1.54, 1.807) is 18.2 Å². The van der Waals surface area contributed by atoms with Crippen molar-refractivity contribution in [2.24, 2.45) is 35.5 Å². The van der Waals surface area contributed by atoms with Crippen LogP contribution in [0.5, 0.6) is 0 Å². The van der Waals surface area contributed by atoms with Gasteiger partial charge in [-0.15, -0.1) is 0 Å². The molecule has 6 aliphatic carbocycles. The molecule has 0 N–H and O–H groups in total. The highest BCUT2D eigenvalue weighted by atomic mass is 32.2. The van der Waals surface area contributed by atoms with Crippen molar-refractivity contribution < 1.29 is 25.6 Å². The lowest BCUT2D eigenvalue weighted by molar-refractivity contribution is 0.262. The highest BCUT2D eigenvalue weighted by Crippen LogP contribution is 2.60. The van der Waals surface area contributed by atoms with Crippen molar-refractivity contribution in [1.82, 2.24) is 0 Å². The molecule has 42 heavy (non-hydrogen) atoms. The summed E-state index contributed by atoms with van der Waals surface area (Å²) in [5.41, 5.74) is 0.936. The normalized spacial score (nSPS) is 37.6. The first-order valence-electron chi connectivity index (χ1n) is 16.2. The Labute approximate surface area is 250 Å². The third-order valence-corrected chi connectivity index (χ3v) is 14.8. The minimum atomic E-state index is -5.12. The fourth-order valence-electron chi connectivity index (χ4n) is 10.7. The number of benzene rings is 2. The van der Waals surface area contributed by atoms with Crippen LogP contribution in [0, 0.1) is 35.5 Å². The van der Waals surface area contributed by atoms with Crippen molar-refractivity contribution in [3.63, 3.8) is 0 Å². The quantitative estimate of drug-likeness (QED) is 0.229. The maximum atomic E-state index is 14.6. The molecule has 10 atom stereocenters. The summed E-state index contributed by atoms with van der Waals surface area (Å²) < 4.78 is 72.2. The number of rotatable bonds is 8. The molecule has 8 rings (SSSR count). The largest absolute Gasteiger partial charge is 0.746 e. The predicted molar refractivity (Wildman–Crippen MR) is 158 cm³/mol. The SMILES string of the molecule is O=S(=O)(OC(c1ccccc1)S(=O)(=O)[O-])c1c(C2CC3CCC2C3)cc(C2CC3CCC2C3)cc1C1CC2CCC1C2. The zero-order valence-electron chi connectivity index (χ0n) is 24.1. The first-order chi connectivity index (χ1) is 20.1. The van der Waals surface area contributed by atoms with Crippen molar-refractivity contribution in [3.05, 3.63) is 64.7 Å². The second-order valence-electron chi connectivity index (χ2n) is 14.7. The predicted octanol–water partition coefficient (Wildman–Crippen LogP) is 7.35. The lowest BCUT2D eigenvalue weighted by Crippen LogP contribution is -2.25. The average molecular weight is 610 g/mol. The van der Waals surface area contributed by atoms with Crippen LogP contribution in [-0.4, -0.2) is 21.4 Å². The minimum absolute atomic E-state index is 0.0395. The summed E-state index contributed by atoms with van der Waals surface area (Å²) in [6.07, 6.45) is 13.9. The first-order valence-corrected chi connectivity index (χ1v) is 19.1. The van der Waals surface area contributed by atoms with E-state index in [0.29, 0.717) is 35.5 Å². The summed E-state index contributed by atoms with van der Waals surface area (Å²) >= 11 is 0. The average Bonchev–Trinajstić information content (AvgIpc) is 3.83. The van der Waals surface area contributed by atoms with Gasteiger partial charge in [-0.1, -0.05) is 61.7 Å². The molecule has 0 spiro atoms. The Balaban J connectivity index is 1.30. The van der Waals surface area contributed by atoms with Gasteiger partial charge in [0.2, 0.25) is 0 Å². The molecule has 6 aliphatic rings. The molecular formula is C34H41O6S2-. The lowest BCUT2D eigenvalue weighted by Gasteiger charge is -2.33. The molecule has 8 heteroatoms. The molecule has 6 fully saturated rings. The number of hydrogen-bond donors (Lipinski definition) is 0. The van der Waals surface area contributed by atoms with Gasteiger partial charge in [0.1, 0.15) is 15.0 Å². The second-order valence-corrected chi connectivity index (χ2v) is 17.6. The maximum Gasteiger partial charge on any atom is 0.299 e. The monoisotopic (exact) mass is 609 g/mol. The molecule has 6 nitrogen and oxygen atoms in total. The summed E-state index contributed by atoms with van der Waals surface area (Å²) in [5, 5.41) is 0. The van der Waals surface area contributed by atoms with Crippen molar-refractivity contribution in [3.8, 4) is 0 Å². The van der Waals surface area contributed by atoms with Crippen molar-refractivity contribution in [1.29, 1.82) is 0 Å². The van der Waals surface area contributed by atoms with E-state index in [2.05, 4.69) is 12.1 Å². The fraction of sp³-hybridized carbons (Fsp3) is 0.647. The summed E-state index contributed by atoms with van der Waals surface area (Å²) in [4.78, 5) is 0.203. The standard InChI is InChI=1S/C34H42O6S2/c35-41(36,37)34(23-4-2-1-3-5-23)40-42(38,39)33-31(29-16-21-7-10-25(29)13-21)18-27(28-15-20-6-9-24(28)12-20)19-32(33)30-17-22-8-11-26(30)14-22/h1-5,18-22,24-26,28-30,34H,6-17H2,(H,35,36,37)/p-1. The van der Waals surface area contributed by atoms with Crippen LogP contribution >= 0.6 is 0 Å². The minimum Gasteiger partial charge on any atom is -0.746 e. The van der Waals surface area contributed by atoms with Crippen LogP contribution < -0.4 is 0 Å². The molecular weight excluding hydrogens is 569 g/mol. The van der Waals surface area contributed by atoms with Gasteiger partial charge in [-0.05, 0) is 133 Å². The maximum absolute atomic E-state index is 14.6. The first kappa shape index (κ1) is 27.8. The Morgan fingerprint density at radius 3 is 1.52 bits per heavy atom. The molecule has 0 heterocycles. The van der Waals surface area contributed by atoms with Gasteiger partial charge in [0.15, 0.2) is 5.44 Å². The van der Waals surface area contributed by atoms with E-state index in [9.17, 15) is 21.4 Å². The van der Waals surface area contributed by atoms with Gasteiger partial charge in [-0.2, -0.15) is 8.42 Å². The zero-order valence-corrected chi connectivity index (χ0v) is 25.7. The van der Waals surface area contributed by atoms with Gasteiger partial charge in [0, 0.05) is 0 Å². The fourth-order valence-corrected chi connectivity index (χ4v) is 13.3. The summed E-state index contributed by atoms with van der Waals surface area (Å²) in [7, 11) is -9.71. The van der Waals surface area contributed by atoms with Gasteiger partial charge < -0.3 is 4.55 Å². The lowest BCUT2D eigenvalue weighted by atomic mass is 9.75. The van der Waals surface area contributed by atoms with E-state index < -0.39 is 25.7 Å². The second kappa shape index (κ2) is 10.1. The molecule has 0 amide bonds. The smallest absolute Gasteiger partial charge is 0.299 e. The Bertz CT molecular complexity index is 1540. The van der Waals surface area contributed by atoms with Crippen LogP contribution in [0.4, 0.5) is 0 Å². The molecule has 2 aromatic rings. The van der Waals surface area contributed by atoms with Crippen molar-refractivity contribution in [2.45, 2.75) is 105 Å². The molecule has 10 unspecified atom stereocenters. The van der Waals surface area contributed by atoms with Crippen LogP contribution in [-0.2, 0) is 24.4 Å². The van der Waals surface area contributed by atoms with Crippen LogP contribution in [0.3, 0.4) is 0 Å². The van der Waals surface area contributed by atoms with E-state index in [1.165, 1.54) is 56.2 Å². The Morgan fingerprint density at radius 1 is 0.643 bits per heavy atom. The Morgan fingerprint density at radius 2 is 1.12 bits per heavy atom. The van der Waals surface area contributed by atoms with E-state index in [-0.39, 0.29) is 22.3 Å². The molecule has 0 radical (unpaired) electrons. The van der Waals surface area contributed by atoms with Gasteiger partial charge >= 0.3 is 0 Å². The highest BCUT2D eigenvalue weighted by molar-refractivity contribution is 7.89. The Hall–Kier alpha value is -1.74. The third-order valence-electron chi connectivity index (χ3n) is 12.4. The van der Waals surface area contributed by atoms with E-state index in [0.717, 1.165) is 55.6 Å². The highest BCUT2D eigenvalue weighted by Gasteiger charge is 2.48. The summed E-state index contributed by atoms with van der Waals surface area (Å²) in [6.45, 7) is 0. The van der Waals surface area contributed by atoms with Crippen LogP contribution in [0.15, 0.2) is 47.4 Å². The van der Waals surface area contributed by atoms with Crippen LogP contribution in [0.1, 0.15) is 122 Å². The van der Waals surface area contributed by atoms with Gasteiger partial charge in [-0.25, -0.2) is 12.6 Å². The van der Waals surface area contributed by atoms with E-state index in [1.807, 2.05) is 0 Å². The zero-order chi connectivity index (χ0) is 28.8. The molecule has 6 saturated carbocycles. The van der Waals surface area contributed by atoms with E-state index in [4.69, 9.17) is 4.18 Å². The topological polar surface area (TPSA) is 101 Å². The van der Waals surface area contributed by atoms with Crippen LogP contribution in [0.2, 0.25) is 0 Å². The van der Waals surface area contributed by atoms with Crippen molar-refractivity contribution in [2.75, 3.05) is 0 Å². The van der Waals surface area contributed by atoms with Gasteiger partial charge in [-0.3, -0.25) is 0 Å². The summed E-state index contributed by atoms with van der Waals surface area (Å²) in [5.74, 6) is 4.30. The van der Waals surface area contributed by atoms with Gasteiger partial charge in [0.25, 0.3) is 10.1 Å². The third kappa shape index (κ3) is 4.70. The van der Waals surface area contributed by atoms with Gasteiger partial charge in [0.05, 0.1) is 0 Å². The Kier molecular flexibility index (Phi) is 6.71. The molecule has 0 saturated heterocycles. The molecule has 0 aromatic heterocycles. The molecule has 226 valence electrons. The number of hydrogen-bond acceptors (Lipinski definition) is 6. The molecule has 2 aromatic carbocycles. The number of fused-ring (bicyclic) bond motifs is 6. The van der Waals surface area contributed by atoms with Crippen molar-refractivity contribution >= 4 is 20.2 Å². The van der Waals surface area contributed by atoms with E-state index >= 15 is 0 Å².